The quantitative estimate of drug-likeness (QED) is 0.626. The highest BCUT2D eigenvalue weighted by atomic mass is 28.4. The first kappa shape index (κ1) is 20.8. The fourth-order valence-corrected chi connectivity index (χ4v) is 8.66. The predicted molar refractivity (Wildman–Crippen MR) is 116 cm³/mol. The highest BCUT2D eigenvalue weighted by Crippen LogP contribution is 2.37. The third kappa shape index (κ3) is 4.39. The highest BCUT2D eigenvalue weighted by Gasteiger charge is 2.50. The molecule has 1 heterocycles. The van der Waals surface area contributed by atoms with Crippen LogP contribution in [0.4, 0.5) is 0 Å². The van der Waals surface area contributed by atoms with Crippen LogP contribution < -0.4 is 10.4 Å². The van der Waals surface area contributed by atoms with Crippen molar-refractivity contribution in [2.24, 2.45) is 0 Å². The first-order valence-corrected chi connectivity index (χ1v) is 11.9. The Balaban J connectivity index is 1.91. The van der Waals surface area contributed by atoms with Gasteiger partial charge in [-0.3, -0.25) is 0 Å². The molecule has 1 fully saturated rings. The van der Waals surface area contributed by atoms with E-state index in [0.29, 0.717) is 6.61 Å². The number of benzene rings is 2. The fourth-order valence-electron chi connectivity index (χ4n) is 4.07. The highest BCUT2D eigenvalue weighted by molar-refractivity contribution is 6.99. The molecule has 1 N–H and O–H groups in total. The summed E-state index contributed by atoms with van der Waals surface area (Å²) < 4.78 is 13.0. The molecular weight excluding hydrogens is 364 g/mol. The van der Waals surface area contributed by atoms with Crippen molar-refractivity contribution in [3.63, 3.8) is 0 Å². The van der Waals surface area contributed by atoms with Gasteiger partial charge in [-0.05, 0) is 28.3 Å². The molecule has 0 aliphatic carbocycles. The molecule has 28 heavy (non-hydrogen) atoms. The Bertz CT molecular complexity index is 763. The van der Waals surface area contributed by atoms with Crippen LogP contribution in [0.5, 0.6) is 0 Å². The van der Waals surface area contributed by atoms with Crippen LogP contribution in [0, 0.1) is 11.8 Å². The van der Waals surface area contributed by atoms with Gasteiger partial charge in [-0.1, -0.05) is 93.3 Å². The van der Waals surface area contributed by atoms with E-state index < -0.39 is 8.32 Å². The van der Waals surface area contributed by atoms with Gasteiger partial charge in [0.15, 0.2) is 0 Å². The number of aliphatic hydroxyl groups is 1. The zero-order valence-electron chi connectivity index (χ0n) is 17.0. The lowest BCUT2D eigenvalue weighted by Gasteiger charge is -2.43. The van der Waals surface area contributed by atoms with E-state index in [0.717, 1.165) is 12.8 Å². The zero-order chi connectivity index (χ0) is 20.0. The number of ether oxygens (including phenoxy) is 1. The second-order valence-corrected chi connectivity index (χ2v) is 12.6. The minimum absolute atomic E-state index is 0.0373. The van der Waals surface area contributed by atoms with Crippen molar-refractivity contribution in [1.29, 1.82) is 0 Å². The van der Waals surface area contributed by atoms with Gasteiger partial charge in [0.1, 0.15) is 12.7 Å². The summed E-state index contributed by atoms with van der Waals surface area (Å²) in [6.45, 7) is 7.28. The summed E-state index contributed by atoms with van der Waals surface area (Å²) >= 11 is 0. The van der Waals surface area contributed by atoms with Crippen LogP contribution in [0.15, 0.2) is 60.7 Å². The monoisotopic (exact) mass is 394 g/mol. The largest absolute Gasteiger partial charge is 0.405 e. The van der Waals surface area contributed by atoms with Crippen LogP contribution in [0.1, 0.15) is 33.6 Å². The molecule has 2 atom stereocenters. The molecule has 0 spiro atoms. The standard InChI is InChI=1S/C24H30O3Si/c1-24(2,3)28(22-12-6-4-7-13-22,23-14-8-5-9-15-23)26-19-21-17-16-20(27-21)11-10-18-25/h4-9,12-15,20-21,25H,16-19H2,1-3H3/t20-,21+/m1/s1. The Morgan fingerprint density at radius 2 is 1.57 bits per heavy atom. The van der Waals surface area contributed by atoms with Gasteiger partial charge in [0, 0.05) is 0 Å². The average Bonchev–Trinajstić information content (AvgIpc) is 3.15. The van der Waals surface area contributed by atoms with Gasteiger partial charge < -0.3 is 14.3 Å². The van der Waals surface area contributed by atoms with Crippen LogP contribution in [0.25, 0.3) is 0 Å². The predicted octanol–water partition coefficient (Wildman–Crippen LogP) is 3.11. The first-order chi connectivity index (χ1) is 13.5. The number of aliphatic hydroxyl groups excluding tert-OH is 1. The molecule has 1 saturated heterocycles. The summed E-state index contributed by atoms with van der Waals surface area (Å²) in [5.41, 5.74) is 0. The van der Waals surface area contributed by atoms with E-state index in [1.165, 1.54) is 10.4 Å². The Morgan fingerprint density at radius 1 is 1.00 bits per heavy atom. The van der Waals surface area contributed by atoms with Gasteiger partial charge in [-0.2, -0.15) is 0 Å². The maximum Gasteiger partial charge on any atom is 0.261 e. The second kappa shape index (κ2) is 9.06. The van der Waals surface area contributed by atoms with Crippen molar-refractivity contribution in [2.75, 3.05) is 13.2 Å². The van der Waals surface area contributed by atoms with E-state index in [2.05, 4.69) is 93.3 Å². The molecule has 1 aliphatic heterocycles. The minimum atomic E-state index is -2.52. The Hall–Kier alpha value is -1.90. The Morgan fingerprint density at radius 3 is 2.07 bits per heavy atom. The van der Waals surface area contributed by atoms with Gasteiger partial charge in [-0.25, -0.2) is 0 Å². The molecule has 0 radical (unpaired) electrons. The van der Waals surface area contributed by atoms with Crippen LogP contribution in [-0.2, 0) is 9.16 Å². The van der Waals surface area contributed by atoms with Gasteiger partial charge in [0.25, 0.3) is 8.32 Å². The smallest absolute Gasteiger partial charge is 0.261 e. The van der Waals surface area contributed by atoms with Gasteiger partial charge in [0.05, 0.1) is 12.7 Å². The second-order valence-electron chi connectivity index (χ2n) is 8.28. The topological polar surface area (TPSA) is 38.7 Å². The van der Waals surface area contributed by atoms with Crippen molar-refractivity contribution >= 4 is 18.7 Å². The van der Waals surface area contributed by atoms with Crippen molar-refractivity contribution in [1.82, 2.24) is 0 Å². The molecule has 0 saturated carbocycles. The zero-order valence-corrected chi connectivity index (χ0v) is 18.0. The van der Waals surface area contributed by atoms with Gasteiger partial charge in [-0.15, -0.1) is 0 Å². The van der Waals surface area contributed by atoms with Crippen LogP contribution in [0.2, 0.25) is 5.04 Å². The summed E-state index contributed by atoms with van der Waals surface area (Å²) in [5, 5.41) is 11.4. The molecule has 0 bridgehead atoms. The molecular formula is C24H30O3Si. The molecule has 3 nitrogen and oxygen atoms in total. The van der Waals surface area contributed by atoms with E-state index in [4.69, 9.17) is 14.3 Å². The molecule has 148 valence electrons. The lowest BCUT2D eigenvalue weighted by molar-refractivity contribution is 0.0391. The molecule has 0 amide bonds. The van der Waals surface area contributed by atoms with Crippen LogP contribution in [0.3, 0.4) is 0 Å². The fraction of sp³-hybridized carbons (Fsp3) is 0.417. The third-order valence-electron chi connectivity index (χ3n) is 5.35. The molecule has 1 aliphatic rings. The van der Waals surface area contributed by atoms with Crippen molar-refractivity contribution in [2.45, 2.75) is 50.9 Å². The lowest BCUT2D eigenvalue weighted by atomic mass is 10.2. The lowest BCUT2D eigenvalue weighted by Crippen LogP contribution is -2.67. The Kier molecular flexibility index (Phi) is 6.74. The summed E-state index contributed by atoms with van der Waals surface area (Å²) in [5.74, 6) is 5.69. The SMILES string of the molecule is CC(C)(C)[Si](OC[C@@H]1CC[C@@H](C#CCO)O1)(c1ccccc1)c1ccccc1. The molecule has 2 aromatic carbocycles. The molecule has 4 heteroatoms. The van der Waals surface area contributed by atoms with E-state index in [-0.39, 0.29) is 23.9 Å². The normalized spacial score (nSPS) is 19.9. The minimum Gasteiger partial charge on any atom is -0.405 e. The van der Waals surface area contributed by atoms with Crippen LogP contribution in [-0.4, -0.2) is 38.8 Å². The van der Waals surface area contributed by atoms with Gasteiger partial charge in [0.2, 0.25) is 0 Å². The molecule has 3 rings (SSSR count). The maximum absolute atomic E-state index is 8.90. The molecule has 2 aromatic rings. The number of rotatable bonds is 5. The first-order valence-electron chi connectivity index (χ1n) is 9.97. The number of hydrogen-bond acceptors (Lipinski definition) is 3. The van der Waals surface area contributed by atoms with Gasteiger partial charge >= 0.3 is 0 Å². The molecule has 0 aromatic heterocycles. The number of hydrogen-bond donors (Lipinski definition) is 1. The van der Waals surface area contributed by atoms with E-state index in [1.54, 1.807) is 0 Å². The molecule has 0 unspecified atom stereocenters. The third-order valence-corrected chi connectivity index (χ3v) is 10.4. The van der Waals surface area contributed by atoms with Crippen molar-refractivity contribution in [3.8, 4) is 11.8 Å². The van der Waals surface area contributed by atoms with Crippen LogP contribution >= 0.6 is 0 Å². The summed E-state index contributed by atoms with van der Waals surface area (Å²) in [4.78, 5) is 0. The summed E-state index contributed by atoms with van der Waals surface area (Å²) in [6, 6.07) is 21.3. The average molecular weight is 395 g/mol. The summed E-state index contributed by atoms with van der Waals surface area (Å²) in [7, 11) is -2.52. The van der Waals surface area contributed by atoms with E-state index >= 15 is 0 Å². The van der Waals surface area contributed by atoms with E-state index in [1.807, 2.05) is 0 Å². The Labute approximate surface area is 169 Å². The summed E-state index contributed by atoms with van der Waals surface area (Å²) in [6.07, 6.45) is 1.77. The van der Waals surface area contributed by atoms with Crippen molar-refractivity contribution in [3.05, 3.63) is 60.7 Å². The van der Waals surface area contributed by atoms with E-state index in [9.17, 15) is 0 Å². The van der Waals surface area contributed by atoms with Crippen molar-refractivity contribution < 1.29 is 14.3 Å². The maximum atomic E-state index is 8.90.